The minimum Gasteiger partial charge on any atom is -0.412 e. The molecule has 0 atom stereocenters. The van der Waals surface area contributed by atoms with Crippen molar-refractivity contribution in [3.8, 4) is 11.5 Å². The van der Waals surface area contributed by atoms with Crippen molar-refractivity contribution >= 4 is 12.9 Å². The highest BCUT2D eigenvalue weighted by atomic mass is 31.2. The van der Waals surface area contributed by atoms with E-state index in [0.29, 0.717) is 16.8 Å². The first-order valence-corrected chi connectivity index (χ1v) is 13.5. The monoisotopic (exact) mass is 478 g/mol. The standard InChI is InChI=1S/C30H39O3P/c1-28(2,3)22-16-10-13-19-25(22)32-34(31,27-21-15-12-18-24(27)30(7,8)9)33-26-20-14-11-17-23(26)29(4,5)6/h10-21H,1-9H3. The second kappa shape index (κ2) is 9.27. The Morgan fingerprint density at radius 3 is 1.21 bits per heavy atom. The fourth-order valence-corrected chi connectivity index (χ4v) is 6.10. The molecular weight excluding hydrogens is 439 g/mol. The van der Waals surface area contributed by atoms with Crippen LogP contribution in [0.1, 0.15) is 79.0 Å². The molecule has 0 aromatic heterocycles. The quantitative estimate of drug-likeness (QED) is 0.345. The second-order valence-electron chi connectivity index (χ2n) is 11.9. The molecular formula is C30H39O3P. The topological polar surface area (TPSA) is 35.5 Å². The summed E-state index contributed by atoms with van der Waals surface area (Å²) in [7, 11) is -3.84. The van der Waals surface area contributed by atoms with Gasteiger partial charge in [-0.05, 0) is 40.0 Å². The molecule has 0 aliphatic heterocycles. The van der Waals surface area contributed by atoms with Crippen molar-refractivity contribution in [3.05, 3.63) is 89.5 Å². The van der Waals surface area contributed by atoms with Crippen LogP contribution < -0.4 is 14.4 Å². The van der Waals surface area contributed by atoms with Crippen molar-refractivity contribution < 1.29 is 13.6 Å². The third-order valence-corrected chi connectivity index (χ3v) is 7.69. The minimum absolute atomic E-state index is 0.186. The van der Waals surface area contributed by atoms with Crippen molar-refractivity contribution in [2.45, 2.75) is 78.6 Å². The zero-order valence-electron chi connectivity index (χ0n) is 22.1. The molecule has 182 valence electrons. The van der Waals surface area contributed by atoms with Crippen LogP contribution in [0.2, 0.25) is 0 Å². The van der Waals surface area contributed by atoms with E-state index in [1.165, 1.54) is 0 Å². The van der Waals surface area contributed by atoms with Crippen LogP contribution in [0, 0.1) is 0 Å². The molecule has 3 aromatic rings. The molecule has 0 fully saturated rings. The summed E-state index contributed by atoms with van der Waals surface area (Å²) in [5, 5.41) is 0.593. The van der Waals surface area contributed by atoms with Gasteiger partial charge in [-0.2, -0.15) is 0 Å². The zero-order valence-corrected chi connectivity index (χ0v) is 23.0. The zero-order chi connectivity index (χ0) is 25.4. The smallest absolute Gasteiger partial charge is 0.412 e. The summed E-state index contributed by atoms with van der Waals surface area (Å²) in [4.78, 5) is 0. The largest absolute Gasteiger partial charge is 0.463 e. The highest BCUT2D eigenvalue weighted by Crippen LogP contribution is 2.52. The van der Waals surface area contributed by atoms with Gasteiger partial charge in [-0.25, -0.2) is 4.57 Å². The van der Waals surface area contributed by atoms with Crippen molar-refractivity contribution in [2.24, 2.45) is 0 Å². The number of rotatable bonds is 5. The van der Waals surface area contributed by atoms with Crippen LogP contribution in [-0.2, 0) is 20.8 Å². The number of hydrogen-bond acceptors (Lipinski definition) is 3. The molecule has 0 saturated carbocycles. The summed E-state index contributed by atoms with van der Waals surface area (Å²) in [6, 6.07) is 23.4. The second-order valence-corrected chi connectivity index (χ2v) is 13.8. The summed E-state index contributed by atoms with van der Waals surface area (Å²) in [5.41, 5.74) is 2.29. The summed E-state index contributed by atoms with van der Waals surface area (Å²) in [5.74, 6) is 1.16. The number of benzene rings is 3. The third kappa shape index (κ3) is 5.76. The van der Waals surface area contributed by atoms with Crippen molar-refractivity contribution in [2.75, 3.05) is 0 Å². The van der Waals surface area contributed by atoms with E-state index in [-0.39, 0.29) is 16.2 Å². The highest BCUT2D eigenvalue weighted by Gasteiger charge is 2.38. The normalized spacial score (nSPS) is 13.0. The Balaban J connectivity index is 2.25. The predicted molar refractivity (Wildman–Crippen MR) is 144 cm³/mol. The Morgan fingerprint density at radius 1 is 0.500 bits per heavy atom. The Kier molecular flexibility index (Phi) is 7.11. The summed E-state index contributed by atoms with van der Waals surface area (Å²) in [6.07, 6.45) is 0. The van der Waals surface area contributed by atoms with Gasteiger partial charge in [0.2, 0.25) is 0 Å². The lowest BCUT2D eigenvalue weighted by Gasteiger charge is -2.31. The molecule has 0 heterocycles. The van der Waals surface area contributed by atoms with Gasteiger partial charge in [-0.15, -0.1) is 0 Å². The molecule has 3 rings (SSSR count). The molecule has 3 aromatic carbocycles. The van der Waals surface area contributed by atoms with Crippen LogP contribution in [-0.4, -0.2) is 0 Å². The minimum atomic E-state index is -3.84. The third-order valence-electron chi connectivity index (χ3n) is 5.83. The van der Waals surface area contributed by atoms with E-state index in [4.69, 9.17) is 9.05 Å². The molecule has 0 aliphatic rings. The summed E-state index contributed by atoms with van der Waals surface area (Å²) >= 11 is 0. The molecule has 0 bridgehead atoms. The molecule has 3 nitrogen and oxygen atoms in total. The van der Waals surface area contributed by atoms with Crippen LogP contribution in [0.15, 0.2) is 72.8 Å². The van der Waals surface area contributed by atoms with E-state index >= 15 is 0 Å². The first-order valence-electron chi connectivity index (χ1n) is 11.9. The Bertz CT molecular complexity index is 1130. The van der Waals surface area contributed by atoms with Gasteiger partial charge in [0.25, 0.3) is 0 Å². The average Bonchev–Trinajstić information content (AvgIpc) is 2.72. The van der Waals surface area contributed by atoms with Gasteiger partial charge in [-0.3, -0.25) is 0 Å². The van der Waals surface area contributed by atoms with E-state index in [0.717, 1.165) is 16.7 Å². The lowest BCUT2D eigenvalue weighted by atomic mass is 9.86. The molecule has 0 amide bonds. The lowest BCUT2D eigenvalue weighted by Crippen LogP contribution is -2.27. The fourth-order valence-electron chi connectivity index (χ4n) is 4.05. The molecule has 0 unspecified atom stereocenters. The Labute approximate surface area is 206 Å². The number of para-hydroxylation sites is 2. The molecule has 0 spiro atoms. The van der Waals surface area contributed by atoms with Crippen LogP contribution in [0.25, 0.3) is 0 Å². The van der Waals surface area contributed by atoms with E-state index in [2.05, 4.69) is 62.3 Å². The van der Waals surface area contributed by atoms with Crippen LogP contribution >= 0.6 is 7.60 Å². The fraction of sp³-hybridized carbons (Fsp3) is 0.400. The van der Waals surface area contributed by atoms with Gasteiger partial charge in [0.1, 0.15) is 11.5 Å². The van der Waals surface area contributed by atoms with E-state index in [1.807, 2.05) is 72.8 Å². The first kappa shape index (κ1) is 26.1. The van der Waals surface area contributed by atoms with E-state index in [1.54, 1.807) is 0 Å². The van der Waals surface area contributed by atoms with Crippen molar-refractivity contribution in [1.29, 1.82) is 0 Å². The van der Waals surface area contributed by atoms with Gasteiger partial charge in [0.15, 0.2) is 0 Å². The molecule has 0 N–H and O–H groups in total. The Hall–Kier alpha value is -2.51. The molecule has 34 heavy (non-hydrogen) atoms. The average molecular weight is 479 g/mol. The van der Waals surface area contributed by atoms with Gasteiger partial charge >= 0.3 is 7.60 Å². The maximum atomic E-state index is 14.9. The maximum Gasteiger partial charge on any atom is 0.463 e. The van der Waals surface area contributed by atoms with Crippen LogP contribution in [0.3, 0.4) is 0 Å². The maximum absolute atomic E-state index is 14.9. The van der Waals surface area contributed by atoms with Crippen LogP contribution in [0.4, 0.5) is 0 Å². The summed E-state index contributed by atoms with van der Waals surface area (Å²) < 4.78 is 27.9. The van der Waals surface area contributed by atoms with Gasteiger partial charge < -0.3 is 9.05 Å². The van der Waals surface area contributed by atoms with Gasteiger partial charge in [0.05, 0.1) is 5.30 Å². The Morgan fingerprint density at radius 2 is 0.824 bits per heavy atom. The molecule has 4 heteroatoms. The number of hydrogen-bond donors (Lipinski definition) is 0. The van der Waals surface area contributed by atoms with E-state index < -0.39 is 7.60 Å². The van der Waals surface area contributed by atoms with Gasteiger partial charge in [-0.1, -0.05) is 117 Å². The highest BCUT2D eigenvalue weighted by molar-refractivity contribution is 7.63. The van der Waals surface area contributed by atoms with Crippen molar-refractivity contribution in [3.63, 3.8) is 0 Å². The summed E-state index contributed by atoms with van der Waals surface area (Å²) in [6.45, 7) is 19.1. The van der Waals surface area contributed by atoms with Crippen molar-refractivity contribution in [1.82, 2.24) is 0 Å². The van der Waals surface area contributed by atoms with Gasteiger partial charge in [0, 0.05) is 11.1 Å². The molecule has 0 saturated heterocycles. The lowest BCUT2D eigenvalue weighted by molar-refractivity contribution is 0.387. The molecule has 0 aliphatic carbocycles. The predicted octanol–water partition coefficient (Wildman–Crippen LogP) is 8.56. The first-order chi connectivity index (χ1) is 15.6. The molecule has 0 radical (unpaired) electrons. The SMILES string of the molecule is CC(C)(C)c1ccccc1OP(=O)(Oc1ccccc1C(C)(C)C)c1ccccc1C(C)(C)C. The van der Waals surface area contributed by atoms with Crippen LogP contribution in [0.5, 0.6) is 11.5 Å². The van der Waals surface area contributed by atoms with E-state index in [9.17, 15) is 4.57 Å².